The second-order valence-electron chi connectivity index (χ2n) is 7.73. The highest BCUT2D eigenvalue weighted by Crippen LogP contribution is 2.30. The fourth-order valence-electron chi connectivity index (χ4n) is 3.75. The SMILES string of the molecule is COc1ccc2nc(-n3nc(C)cc3NC(=O)Cc3noc4c(C)cc(C)cc34)sc2c1. The Hall–Kier alpha value is -3.72. The fourth-order valence-corrected chi connectivity index (χ4v) is 4.71. The van der Waals surface area contributed by atoms with Gasteiger partial charge in [0.15, 0.2) is 5.58 Å². The van der Waals surface area contributed by atoms with Gasteiger partial charge in [0.25, 0.3) is 0 Å². The third kappa shape index (κ3) is 3.60. The Morgan fingerprint density at radius 3 is 2.84 bits per heavy atom. The van der Waals surface area contributed by atoms with E-state index >= 15 is 0 Å². The van der Waals surface area contributed by atoms with Crippen LogP contribution < -0.4 is 10.1 Å². The number of nitrogens with zero attached hydrogens (tertiary/aromatic N) is 4. The number of rotatable bonds is 5. The molecule has 0 radical (unpaired) electrons. The van der Waals surface area contributed by atoms with Gasteiger partial charge in [0, 0.05) is 11.5 Å². The largest absolute Gasteiger partial charge is 0.497 e. The summed E-state index contributed by atoms with van der Waals surface area (Å²) in [5.41, 5.74) is 5.04. The molecule has 162 valence electrons. The minimum Gasteiger partial charge on any atom is -0.497 e. The molecule has 1 amide bonds. The Kier molecular flexibility index (Phi) is 4.90. The molecule has 0 unspecified atom stereocenters. The fraction of sp³-hybridized carbons (Fsp3) is 0.217. The summed E-state index contributed by atoms with van der Waals surface area (Å²) in [4.78, 5) is 17.5. The molecule has 0 bridgehead atoms. The lowest BCUT2D eigenvalue weighted by Gasteiger charge is -2.05. The van der Waals surface area contributed by atoms with Crippen molar-refractivity contribution in [2.24, 2.45) is 0 Å². The standard InChI is InChI=1S/C23H21N5O3S/c1-12-7-13(2)22-16(8-12)18(27-31-22)11-21(29)25-20-9-14(3)26-28(20)23-24-17-6-5-15(30-4)10-19(17)32-23/h5-10H,11H2,1-4H3,(H,25,29). The molecule has 0 atom stereocenters. The zero-order valence-corrected chi connectivity index (χ0v) is 18.9. The molecule has 9 heteroatoms. The molecule has 0 aliphatic rings. The number of anilines is 1. The van der Waals surface area contributed by atoms with Crippen LogP contribution in [0, 0.1) is 20.8 Å². The predicted molar refractivity (Wildman–Crippen MR) is 124 cm³/mol. The summed E-state index contributed by atoms with van der Waals surface area (Å²) in [6, 6.07) is 11.6. The van der Waals surface area contributed by atoms with E-state index in [1.54, 1.807) is 11.8 Å². The van der Waals surface area contributed by atoms with Crippen molar-refractivity contribution in [2.75, 3.05) is 12.4 Å². The van der Waals surface area contributed by atoms with Gasteiger partial charge in [0.05, 0.1) is 29.4 Å². The molecule has 5 rings (SSSR count). The number of fused-ring (bicyclic) bond motifs is 2. The maximum Gasteiger partial charge on any atom is 0.231 e. The van der Waals surface area contributed by atoms with E-state index in [0.717, 1.165) is 38.2 Å². The predicted octanol–water partition coefficient (Wildman–Crippen LogP) is 4.74. The number of aryl methyl sites for hydroxylation is 3. The molecule has 3 aromatic heterocycles. The van der Waals surface area contributed by atoms with Gasteiger partial charge >= 0.3 is 0 Å². The number of nitrogens with one attached hydrogen (secondary N) is 1. The van der Waals surface area contributed by atoms with E-state index in [9.17, 15) is 4.79 Å². The van der Waals surface area contributed by atoms with Crippen molar-refractivity contribution in [3.63, 3.8) is 0 Å². The molecule has 2 aromatic carbocycles. The Labute approximate surface area is 187 Å². The van der Waals surface area contributed by atoms with Crippen molar-refractivity contribution in [1.29, 1.82) is 0 Å². The Morgan fingerprint density at radius 2 is 2.03 bits per heavy atom. The summed E-state index contributed by atoms with van der Waals surface area (Å²) < 4.78 is 13.4. The number of carbonyl (C=O) groups is 1. The number of aromatic nitrogens is 4. The van der Waals surface area contributed by atoms with Crippen LogP contribution in [0.2, 0.25) is 0 Å². The number of methoxy groups -OCH3 is 1. The first-order chi connectivity index (χ1) is 15.4. The second-order valence-corrected chi connectivity index (χ2v) is 8.73. The van der Waals surface area contributed by atoms with Gasteiger partial charge in [-0.2, -0.15) is 9.78 Å². The van der Waals surface area contributed by atoms with E-state index < -0.39 is 0 Å². The first kappa shape index (κ1) is 20.2. The van der Waals surface area contributed by atoms with Crippen molar-refractivity contribution < 1.29 is 14.1 Å². The Bertz CT molecular complexity index is 1480. The van der Waals surface area contributed by atoms with E-state index in [2.05, 4.69) is 20.6 Å². The molecule has 0 aliphatic carbocycles. The van der Waals surface area contributed by atoms with E-state index in [-0.39, 0.29) is 12.3 Å². The van der Waals surface area contributed by atoms with E-state index in [0.29, 0.717) is 22.2 Å². The van der Waals surface area contributed by atoms with E-state index in [4.69, 9.17) is 9.26 Å². The minimum atomic E-state index is -0.205. The maximum atomic E-state index is 12.9. The quantitative estimate of drug-likeness (QED) is 0.418. The van der Waals surface area contributed by atoms with Crippen LogP contribution in [0.4, 0.5) is 5.82 Å². The molecular formula is C23H21N5O3S. The molecule has 0 aliphatic heterocycles. The molecule has 0 spiro atoms. The molecule has 8 nitrogen and oxygen atoms in total. The summed E-state index contributed by atoms with van der Waals surface area (Å²) >= 11 is 1.48. The molecule has 0 fully saturated rings. The number of hydrogen-bond acceptors (Lipinski definition) is 7. The number of ether oxygens (including phenoxy) is 1. The summed E-state index contributed by atoms with van der Waals surface area (Å²) in [7, 11) is 1.63. The van der Waals surface area contributed by atoms with Crippen LogP contribution >= 0.6 is 11.3 Å². The lowest BCUT2D eigenvalue weighted by molar-refractivity contribution is -0.115. The normalized spacial score (nSPS) is 11.4. The zero-order valence-electron chi connectivity index (χ0n) is 18.1. The monoisotopic (exact) mass is 447 g/mol. The zero-order chi connectivity index (χ0) is 22.4. The van der Waals surface area contributed by atoms with Crippen molar-refractivity contribution in [3.05, 3.63) is 58.9 Å². The number of amides is 1. The van der Waals surface area contributed by atoms with Gasteiger partial charge in [-0.1, -0.05) is 22.6 Å². The number of carbonyl (C=O) groups excluding carboxylic acids is 1. The molecule has 0 saturated heterocycles. The van der Waals surface area contributed by atoms with Crippen LogP contribution in [-0.2, 0) is 11.2 Å². The second kappa shape index (κ2) is 7.76. The van der Waals surface area contributed by atoms with Crippen molar-refractivity contribution in [2.45, 2.75) is 27.2 Å². The first-order valence-electron chi connectivity index (χ1n) is 10.1. The summed E-state index contributed by atoms with van der Waals surface area (Å²) in [5.74, 6) is 1.12. The van der Waals surface area contributed by atoms with Crippen LogP contribution in [0.1, 0.15) is 22.5 Å². The topological polar surface area (TPSA) is 95.1 Å². The average Bonchev–Trinajstić information content (AvgIpc) is 3.44. The van der Waals surface area contributed by atoms with Crippen LogP contribution in [0.3, 0.4) is 0 Å². The molecular weight excluding hydrogens is 426 g/mol. The first-order valence-corrected chi connectivity index (χ1v) is 10.9. The van der Waals surface area contributed by atoms with Gasteiger partial charge in [-0.05, 0) is 56.2 Å². The van der Waals surface area contributed by atoms with Gasteiger partial charge in [0.1, 0.15) is 17.3 Å². The number of hydrogen-bond donors (Lipinski definition) is 1. The van der Waals surface area contributed by atoms with Gasteiger partial charge < -0.3 is 14.6 Å². The van der Waals surface area contributed by atoms with Crippen LogP contribution in [0.15, 0.2) is 40.9 Å². The van der Waals surface area contributed by atoms with E-state index in [1.165, 1.54) is 11.3 Å². The Balaban J connectivity index is 1.43. The maximum absolute atomic E-state index is 12.9. The molecule has 0 saturated carbocycles. The van der Waals surface area contributed by atoms with E-state index in [1.807, 2.05) is 57.2 Å². The minimum absolute atomic E-state index is 0.0944. The molecule has 32 heavy (non-hydrogen) atoms. The van der Waals surface area contributed by atoms with Gasteiger partial charge in [0.2, 0.25) is 11.0 Å². The van der Waals surface area contributed by atoms with Crippen LogP contribution in [-0.4, -0.2) is 32.9 Å². The highest BCUT2D eigenvalue weighted by atomic mass is 32.1. The van der Waals surface area contributed by atoms with Crippen molar-refractivity contribution >= 4 is 44.2 Å². The smallest absolute Gasteiger partial charge is 0.231 e. The number of benzene rings is 2. The van der Waals surface area contributed by atoms with Gasteiger partial charge in [-0.25, -0.2) is 4.98 Å². The van der Waals surface area contributed by atoms with Crippen molar-refractivity contribution in [1.82, 2.24) is 19.9 Å². The molecule has 5 aromatic rings. The van der Waals surface area contributed by atoms with Crippen LogP contribution in [0.5, 0.6) is 5.75 Å². The highest BCUT2D eigenvalue weighted by Gasteiger charge is 2.18. The third-order valence-corrected chi connectivity index (χ3v) is 6.16. The van der Waals surface area contributed by atoms with Crippen molar-refractivity contribution in [3.8, 4) is 10.9 Å². The highest BCUT2D eigenvalue weighted by molar-refractivity contribution is 7.20. The molecule has 1 N–H and O–H groups in total. The van der Waals surface area contributed by atoms with Crippen LogP contribution in [0.25, 0.3) is 26.3 Å². The lowest BCUT2D eigenvalue weighted by atomic mass is 10.1. The third-order valence-electron chi connectivity index (χ3n) is 5.17. The van der Waals surface area contributed by atoms with Gasteiger partial charge in [-0.3, -0.25) is 4.79 Å². The average molecular weight is 448 g/mol. The number of thiazole rings is 1. The Morgan fingerprint density at radius 1 is 1.19 bits per heavy atom. The molecule has 3 heterocycles. The summed E-state index contributed by atoms with van der Waals surface area (Å²) in [5, 5.41) is 13.1. The lowest BCUT2D eigenvalue weighted by Crippen LogP contribution is -2.17. The summed E-state index contributed by atoms with van der Waals surface area (Å²) in [6.07, 6.45) is 0.0944. The summed E-state index contributed by atoms with van der Waals surface area (Å²) in [6.45, 7) is 5.86. The van der Waals surface area contributed by atoms with Gasteiger partial charge in [-0.15, -0.1) is 0 Å².